The van der Waals surface area contributed by atoms with Gasteiger partial charge in [0, 0.05) is 7.11 Å². The van der Waals surface area contributed by atoms with E-state index >= 15 is 0 Å². The van der Waals surface area contributed by atoms with Crippen LogP contribution in [0.2, 0.25) is 0 Å². The molecule has 0 aliphatic heterocycles. The molecular formula is C14H22O3. The van der Waals surface area contributed by atoms with E-state index in [9.17, 15) is 0 Å². The van der Waals surface area contributed by atoms with Crippen molar-refractivity contribution >= 4 is 0 Å². The Hall–Kier alpha value is -0.800. The van der Waals surface area contributed by atoms with Crippen LogP contribution in [0, 0.1) is 11.3 Å². The van der Waals surface area contributed by atoms with Gasteiger partial charge in [-0.25, -0.2) is 0 Å². The van der Waals surface area contributed by atoms with Gasteiger partial charge in [0.2, 0.25) is 0 Å². The highest BCUT2D eigenvalue weighted by atomic mass is 16.5. The molecule has 0 aromatic rings. The van der Waals surface area contributed by atoms with Crippen molar-refractivity contribution in [1.29, 1.82) is 0 Å². The Morgan fingerprint density at radius 2 is 2.18 bits per heavy atom. The molecule has 17 heavy (non-hydrogen) atoms. The fraction of sp³-hybridized carbons (Fsp3) is 0.714. The maximum atomic E-state index is 5.62. The van der Waals surface area contributed by atoms with Crippen molar-refractivity contribution < 1.29 is 14.2 Å². The van der Waals surface area contributed by atoms with Gasteiger partial charge in [0.05, 0.1) is 26.9 Å². The number of allylic oxidation sites excluding steroid dienone is 2. The lowest BCUT2D eigenvalue weighted by atomic mass is 9.91. The quantitative estimate of drug-likeness (QED) is 0.638. The van der Waals surface area contributed by atoms with E-state index in [4.69, 9.17) is 14.2 Å². The number of hydrogen-bond donors (Lipinski definition) is 0. The molecule has 0 saturated heterocycles. The first-order valence-corrected chi connectivity index (χ1v) is 6.29. The minimum absolute atomic E-state index is 0.361. The molecule has 3 heteroatoms. The molecule has 2 unspecified atom stereocenters. The average Bonchev–Trinajstić information content (AvgIpc) is 3.09. The first-order chi connectivity index (χ1) is 8.25. The Bertz CT molecular complexity index is 332. The van der Waals surface area contributed by atoms with Gasteiger partial charge >= 0.3 is 0 Å². The zero-order chi connectivity index (χ0) is 12.3. The molecule has 2 rings (SSSR count). The van der Waals surface area contributed by atoms with Crippen molar-refractivity contribution in [1.82, 2.24) is 0 Å². The number of methoxy groups -OCH3 is 2. The van der Waals surface area contributed by atoms with Gasteiger partial charge in [-0.1, -0.05) is 6.92 Å². The van der Waals surface area contributed by atoms with Crippen LogP contribution in [0.4, 0.5) is 0 Å². The number of fused-ring (bicyclic) bond motifs is 1. The van der Waals surface area contributed by atoms with Crippen molar-refractivity contribution in [3.63, 3.8) is 0 Å². The molecule has 0 spiro atoms. The predicted molar refractivity (Wildman–Crippen MR) is 66.7 cm³/mol. The molecule has 1 fully saturated rings. The summed E-state index contributed by atoms with van der Waals surface area (Å²) in [5.41, 5.74) is 1.74. The van der Waals surface area contributed by atoms with Crippen LogP contribution in [0.3, 0.4) is 0 Å². The fourth-order valence-electron chi connectivity index (χ4n) is 2.67. The SMILES string of the molecule is CCC12C=C(OC)C=C(COCCOC)C1C2. The maximum Gasteiger partial charge on any atom is 0.115 e. The Morgan fingerprint density at radius 1 is 1.35 bits per heavy atom. The normalized spacial score (nSPS) is 30.4. The second-order valence-electron chi connectivity index (χ2n) is 4.86. The summed E-state index contributed by atoms with van der Waals surface area (Å²) in [5.74, 6) is 1.67. The Kier molecular flexibility index (Phi) is 3.89. The Morgan fingerprint density at radius 3 is 2.82 bits per heavy atom. The molecule has 0 N–H and O–H groups in total. The maximum absolute atomic E-state index is 5.62. The summed E-state index contributed by atoms with van der Waals surface area (Å²) in [7, 11) is 3.43. The van der Waals surface area contributed by atoms with E-state index in [0.717, 1.165) is 5.76 Å². The second kappa shape index (κ2) is 5.23. The Balaban J connectivity index is 1.93. The molecule has 2 aliphatic carbocycles. The molecule has 1 saturated carbocycles. The molecule has 0 radical (unpaired) electrons. The fourth-order valence-corrected chi connectivity index (χ4v) is 2.67. The van der Waals surface area contributed by atoms with E-state index in [1.165, 1.54) is 18.4 Å². The largest absolute Gasteiger partial charge is 0.497 e. The van der Waals surface area contributed by atoms with Crippen LogP contribution in [0.5, 0.6) is 0 Å². The third kappa shape index (κ3) is 2.55. The number of ether oxygens (including phenoxy) is 3. The van der Waals surface area contributed by atoms with E-state index < -0.39 is 0 Å². The van der Waals surface area contributed by atoms with Crippen LogP contribution in [0.15, 0.2) is 23.5 Å². The van der Waals surface area contributed by atoms with E-state index in [2.05, 4.69) is 19.1 Å². The highest BCUT2D eigenvalue weighted by Gasteiger charge is 2.54. The van der Waals surface area contributed by atoms with Crippen molar-refractivity contribution in [3.8, 4) is 0 Å². The van der Waals surface area contributed by atoms with Crippen LogP contribution in [-0.4, -0.2) is 34.0 Å². The summed E-state index contributed by atoms with van der Waals surface area (Å²) in [6.45, 7) is 4.27. The van der Waals surface area contributed by atoms with Gasteiger partial charge in [0.15, 0.2) is 0 Å². The zero-order valence-corrected chi connectivity index (χ0v) is 11.0. The van der Waals surface area contributed by atoms with Gasteiger partial charge in [-0.2, -0.15) is 0 Å². The summed E-state index contributed by atoms with van der Waals surface area (Å²) < 4.78 is 16.0. The smallest absolute Gasteiger partial charge is 0.115 e. The van der Waals surface area contributed by atoms with Crippen LogP contribution in [0.25, 0.3) is 0 Å². The molecule has 96 valence electrons. The van der Waals surface area contributed by atoms with E-state index in [1.807, 2.05) is 0 Å². The van der Waals surface area contributed by atoms with Gasteiger partial charge in [0.1, 0.15) is 5.76 Å². The molecule has 2 aliphatic rings. The average molecular weight is 238 g/mol. The van der Waals surface area contributed by atoms with E-state index in [1.54, 1.807) is 14.2 Å². The summed E-state index contributed by atoms with van der Waals surface area (Å²) in [6.07, 6.45) is 6.85. The van der Waals surface area contributed by atoms with E-state index in [-0.39, 0.29) is 0 Å². The van der Waals surface area contributed by atoms with Gasteiger partial charge in [-0.3, -0.25) is 0 Å². The monoisotopic (exact) mass is 238 g/mol. The topological polar surface area (TPSA) is 27.7 Å². The van der Waals surface area contributed by atoms with Crippen LogP contribution >= 0.6 is 0 Å². The van der Waals surface area contributed by atoms with Crippen LogP contribution in [0.1, 0.15) is 19.8 Å². The van der Waals surface area contributed by atoms with E-state index in [0.29, 0.717) is 31.2 Å². The molecule has 0 amide bonds. The van der Waals surface area contributed by atoms with Crippen molar-refractivity contribution in [2.24, 2.45) is 11.3 Å². The highest BCUT2D eigenvalue weighted by molar-refractivity contribution is 5.39. The van der Waals surface area contributed by atoms with Gasteiger partial charge < -0.3 is 14.2 Å². The van der Waals surface area contributed by atoms with Gasteiger partial charge in [0.25, 0.3) is 0 Å². The van der Waals surface area contributed by atoms with Crippen LogP contribution in [-0.2, 0) is 14.2 Å². The summed E-state index contributed by atoms with van der Waals surface area (Å²) >= 11 is 0. The summed E-state index contributed by atoms with van der Waals surface area (Å²) in [5, 5.41) is 0. The first kappa shape index (κ1) is 12.7. The molecule has 2 atom stereocenters. The molecular weight excluding hydrogens is 216 g/mol. The van der Waals surface area contributed by atoms with Crippen molar-refractivity contribution in [3.05, 3.63) is 23.5 Å². The Labute approximate surface area is 103 Å². The zero-order valence-electron chi connectivity index (χ0n) is 11.0. The lowest BCUT2D eigenvalue weighted by Crippen LogP contribution is -2.13. The lowest BCUT2D eigenvalue weighted by Gasteiger charge is -2.19. The predicted octanol–water partition coefficient (Wildman–Crippen LogP) is 2.54. The third-order valence-electron chi connectivity index (χ3n) is 3.92. The molecule has 3 nitrogen and oxygen atoms in total. The van der Waals surface area contributed by atoms with Crippen molar-refractivity contribution in [2.75, 3.05) is 34.0 Å². The van der Waals surface area contributed by atoms with Gasteiger partial charge in [-0.15, -0.1) is 0 Å². The molecule has 0 bridgehead atoms. The summed E-state index contributed by atoms with van der Waals surface area (Å²) in [4.78, 5) is 0. The molecule has 0 heterocycles. The standard InChI is InChI=1S/C14H22O3/c1-4-14-8-12(16-3)7-11(13(14)9-14)10-17-6-5-15-2/h7-8,13H,4-6,9-10H2,1-3H3. The minimum Gasteiger partial charge on any atom is -0.497 e. The van der Waals surface area contributed by atoms with Gasteiger partial charge in [-0.05, 0) is 41.9 Å². The van der Waals surface area contributed by atoms with Crippen molar-refractivity contribution in [2.45, 2.75) is 19.8 Å². The highest BCUT2D eigenvalue weighted by Crippen LogP contribution is 2.62. The second-order valence-corrected chi connectivity index (χ2v) is 4.86. The minimum atomic E-state index is 0.361. The molecule has 0 aromatic heterocycles. The summed E-state index contributed by atoms with van der Waals surface area (Å²) in [6, 6.07) is 0. The number of rotatable bonds is 7. The lowest BCUT2D eigenvalue weighted by molar-refractivity contribution is 0.0800. The number of hydrogen-bond acceptors (Lipinski definition) is 3. The molecule has 0 aromatic carbocycles. The third-order valence-corrected chi connectivity index (χ3v) is 3.92. The first-order valence-electron chi connectivity index (χ1n) is 6.29. The van der Waals surface area contributed by atoms with Crippen LogP contribution < -0.4 is 0 Å².